The summed E-state index contributed by atoms with van der Waals surface area (Å²) in [4.78, 5) is 6.96. The van der Waals surface area contributed by atoms with E-state index in [0.717, 1.165) is 34.2 Å². The lowest BCUT2D eigenvalue weighted by atomic mass is 10.2. The molecule has 0 saturated carbocycles. The van der Waals surface area contributed by atoms with Crippen LogP contribution >= 0.6 is 23.6 Å². The number of imidazole rings is 1. The molecule has 0 amide bonds. The lowest BCUT2D eigenvalue weighted by Crippen LogP contribution is -2.21. The van der Waals surface area contributed by atoms with E-state index in [1.807, 2.05) is 19.2 Å². The molecule has 0 aliphatic rings. The minimum atomic E-state index is 0.732. The monoisotopic (exact) mass is 380 g/mol. The fourth-order valence-electron chi connectivity index (χ4n) is 3.09. The van der Waals surface area contributed by atoms with Crippen LogP contribution in [0.3, 0.4) is 0 Å². The Hall–Kier alpha value is -2.28. The lowest BCUT2D eigenvalue weighted by molar-refractivity contribution is 0.258. The Morgan fingerprint density at radius 3 is 2.58 bits per heavy atom. The van der Waals surface area contributed by atoms with Crippen LogP contribution in [0.4, 0.5) is 0 Å². The number of hydrogen-bond acceptors (Lipinski definition) is 4. The molecular formula is C20H20N4S2. The number of benzene rings is 2. The summed E-state index contributed by atoms with van der Waals surface area (Å²) in [6, 6.07) is 18.6. The third-order valence-electron chi connectivity index (χ3n) is 4.38. The molecule has 6 heteroatoms. The molecular weight excluding hydrogens is 360 g/mol. The Bertz CT molecular complexity index is 1060. The Morgan fingerprint density at radius 1 is 1.08 bits per heavy atom. The first-order valence-electron chi connectivity index (χ1n) is 8.46. The van der Waals surface area contributed by atoms with Crippen LogP contribution in [0.25, 0.3) is 21.5 Å². The summed E-state index contributed by atoms with van der Waals surface area (Å²) < 4.78 is 6.24. The summed E-state index contributed by atoms with van der Waals surface area (Å²) in [6.07, 6.45) is 2.13. The van der Waals surface area contributed by atoms with Crippen molar-refractivity contribution in [2.75, 3.05) is 7.05 Å². The number of thiazole rings is 1. The molecule has 132 valence electrons. The number of fused-ring (bicyclic) bond motifs is 1. The van der Waals surface area contributed by atoms with E-state index in [9.17, 15) is 0 Å². The van der Waals surface area contributed by atoms with E-state index in [2.05, 4.69) is 69.7 Å². The van der Waals surface area contributed by atoms with Crippen LogP contribution in [-0.2, 0) is 20.3 Å². The highest BCUT2D eigenvalue weighted by Crippen LogP contribution is 2.23. The first-order valence-corrected chi connectivity index (χ1v) is 9.69. The molecule has 0 aliphatic heterocycles. The van der Waals surface area contributed by atoms with Gasteiger partial charge in [0.05, 0.1) is 29.1 Å². The largest absolute Gasteiger partial charge is 0.320 e. The zero-order valence-electron chi connectivity index (χ0n) is 14.8. The van der Waals surface area contributed by atoms with E-state index < -0.39 is 0 Å². The average Bonchev–Trinajstić information content (AvgIpc) is 3.18. The molecule has 0 N–H and O–H groups in total. The maximum atomic E-state index is 5.64. The second kappa shape index (κ2) is 7.15. The molecule has 0 radical (unpaired) electrons. The fraction of sp³-hybridized carbons (Fsp3) is 0.200. The zero-order chi connectivity index (χ0) is 18.1. The summed E-state index contributed by atoms with van der Waals surface area (Å²) >= 11 is 7.39. The standard InChI is InChI=1S/C20H20N4S2/c1-22(13-19-21-16-10-6-7-11-18(16)26-19)14-24-12-17(23(2)20(24)25)15-8-4-3-5-9-15/h3-12H,13-14H2,1-2H3. The normalized spacial score (nSPS) is 11.5. The van der Waals surface area contributed by atoms with Crippen molar-refractivity contribution in [1.29, 1.82) is 0 Å². The Morgan fingerprint density at radius 2 is 1.81 bits per heavy atom. The van der Waals surface area contributed by atoms with Gasteiger partial charge in [0.2, 0.25) is 0 Å². The number of nitrogens with zero attached hydrogens (tertiary/aromatic N) is 4. The summed E-state index contributed by atoms with van der Waals surface area (Å²) in [5.41, 5.74) is 3.38. The van der Waals surface area contributed by atoms with E-state index >= 15 is 0 Å². The highest BCUT2D eigenvalue weighted by Gasteiger charge is 2.11. The molecule has 0 saturated heterocycles. The molecule has 0 atom stereocenters. The highest BCUT2D eigenvalue weighted by molar-refractivity contribution is 7.71. The van der Waals surface area contributed by atoms with Gasteiger partial charge in [-0.25, -0.2) is 4.98 Å². The van der Waals surface area contributed by atoms with Crippen LogP contribution in [0.15, 0.2) is 60.8 Å². The molecule has 0 unspecified atom stereocenters. The van der Waals surface area contributed by atoms with Crippen molar-refractivity contribution in [2.45, 2.75) is 13.2 Å². The van der Waals surface area contributed by atoms with Gasteiger partial charge in [-0.2, -0.15) is 0 Å². The van der Waals surface area contributed by atoms with Crippen molar-refractivity contribution in [1.82, 2.24) is 19.0 Å². The predicted octanol–water partition coefficient (Wildman–Crippen LogP) is 4.92. The highest BCUT2D eigenvalue weighted by atomic mass is 32.1. The topological polar surface area (TPSA) is 26.0 Å². The van der Waals surface area contributed by atoms with Crippen molar-refractivity contribution in [3.05, 3.63) is 70.6 Å². The molecule has 4 nitrogen and oxygen atoms in total. The Labute approximate surface area is 162 Å². The second-order valence-corrected chi connectivity index (χ2v) is 7.90. The van der Waals surface area contributed by atoms with Gasteiger partial charge >= 0.3 is 0 Å². The molecule has 2 aromatic carbocycles. The minimum absolute atomic E-state index is 0.732. The zero-order valence-corrected chi connectivity index (χ0v) is 16.4. The minimum Gasteiger partial charge on any atom is -0.320 e. The van der Waals surface area contributed by atoms with Crippen LogP contribution in [0, 0.1) is 4.77 Å². The quantitative estimate of drug-likeness (QED) is 0.460. The van der Waals surface area contributed by atoms with E-state index in [0.29, 0.717) is 0 Å². The lowest BCUT2D eigenvalue weighted by Gasteiger charge is -2.15. The average molecular weight is 381 g/mol. The third kappa shape index (κ3) is 3.35. The molecule has 26 heavy (non-hydrogen) atoms. The third-order valence-corrected chi connectivity index (χ3v) is 5.91. The molecule has 2 aromatic heterocycles. The maximum absolute atomic E-state index is 5.64. The summed E-state index contributed by atoms with van der Waals surface area (Å²) in [5, 5.41) is 1.12. The van der Waals surface area contributed by atoms with Crippen molar-refractivity contribution in [3.8, 4) is 11.3 Å². The molecule has 0 aliphatic carbocycles. The SMILES string of the molecule is CN(Cc1nc2ccccc2s1)Cn1cc(-c2ccccc2)n(C)c1=S. The van der Waals surface area contributed by atoms with Gasteiger partial charge in [-0.05, 0) is 37.0 Å². The summed E-state index contributed by atoms with van der Waals surface area (Å²) in [7, 11) is 4.12. The summed E-state index contributed by atoms with van der Waals surface area (Å²) in [6.45, 7) is 1.53. The van der Waals surface area contributed by atoms with Gasteiger partial charge in [-0.3, -0.25) is 4.90 Å². The van der Waals surface area contributed by atoms with E-state index in [4.69, 9.17) is 17.2 Å². The van der Waals surface area contributed by atoms with Crippen LogP contribution in [0.2, 0.25) is 0 Å². The molecule has 0 fully saturated rings. The van der Waals surface area contributed by atoms with Crippen LogP contribution in [0.1, 0.15) is 5.01 Å². The van der Waals surface area contributed by atoms with Gasteiger partial charge in [0.15, 0.2) is 4.77 Å². The van der Waals surface area contributed by atoms with E-state index in [1.165, 1.54) is 10.3 Å². The maximum Gasteiger partial charge on any atom is 0.181 e. The van der Waals surface area contributed by atoms with Crippen molar-refractivity contribution < 1.29 is 0 Å². The van der Waals surface area contributed by atoms with Gasteiger partial charge in [0, 0.05) is 13.2 Å². The predicted molar refractivity (Wildman–Crippen MR) is 111 cm³/mol. The van der Waals surface area contributed by atoms with E-state index in [-0.39, 0.29) is 0 Å². The number of hydrogen-bond donors (Lipinski definition) is 0. The van der Waals surface area contributed by atoms with Crippen LogP contribution in [-0.4, -0.2) is 26.1 Å². The van der Waals surface area contributed by atoms with E-state index in [1.54, 1.807) is 11.3 Å². The number of para-hydroxylation sites is 1. The smallest absolute Gasteiger partial charge is 0.181 e. The first kappa shape index (κ1) is 17.1. The van der Waals surface area contributed by atoms with Crippen molar-refractivity contribution in [3.63, 3.8) is 0 Å². The van der Waals surface area contributed by atoms with Gasteiger partial charge in [-0.1, -0.05) is 42.5 Å². The molecule has 0 spiro atoms. The molecule has 4 aromatic rings. The summed E-state index contributed by atoms with van der Waals surface area (Å²) in [5.74, 6) is 0. The second-order valence-electron chi connectivity index (χ2n) is 6.42. The van der Waals surface area contributed by atoms with Crippen LogP contribution in [0.5, 0.6) is 0 Å². The van der Waals surface area contributed by atoms with Crippen molar-refractivity contribution in [2.24, 2.45) is 7.05 Å². The first-order chi connectivity index (χ1) is 12.6. The van der Waals surface area contributed by atoms with Gasteiger partial charge in [0.25, 0.3) is 0 Å². The fourth-order valence-corrected chi connectivity index (χ4v) is 4.35. The van der Waals surface area contributed by atoms with Gasteiger partial charge < -0.3 is 9.13 Å². The van der Waals surface area contributed by atoms with Crippen molar-refractivity contribution >= 4 is 33.8 Å². The molecule has 0 bridgehead atoms. The van der Waals surface area contributed by atoms with Crippen LogP contribution < -0.4 is 0 Å². The Kier molecular flexibility index (Phi) is 4.72. The number of aromatic nitrogens is 3. The number of rotatable bonds is 5. The Balaban J connectivity index is 1.54. The van der Waals surface area contributed by atoms with Gasteiger partial charge in [-0.15, -0.1) is 11.3 Å². The molecule has 2 heterocycles. The molecule has 4 rings (SSSR count). The van der Waals surface area contributed by atoms with Gasteiger partial charge in [0.1, 0.15) is 5.01 Å².